The fourth-order valence-electron chi connectivity index (χ4n) is 5.33. The molecule has 2 aliphatic rings. The summed E-state index contributed by atoms with van der Waals surface area (Å²) in [5, 5.41) is 19.9. The predicted octanol–water partition coefficient (Wildman–Crippen LogP) is 5.98. The van der Waals surface area contributed by atoms with E-state index in [0.29, 0.717) is 6.61 Å². The van der Waals surface area contributed by atoms with Gasteiger partial charge in [-0.1, -0.05) is 37.6 Å². The number of fused-ring (bicyclic) bond motifs is 1. The molecule has 1 fully saturated rings. The zero-order valence-corrected chi connectivity index (χ0v) is 19.7. The van der Waals surface area contributed by atoms with Crippen LogP contribution in [0.3, 0.4) is 0 Å². The first-order chi connectivity index (χ1) is 16.6. The maximum Gasteiger partial charge on any atom is 0.131 e. The third kappa shape index (κ3) is 4.85. The zero-order valence-electron chi connectivity index (χ0n) is 19.7. The highest BCUT2D eigenvalue weighted by Gasteiger charge is 2.38. The number of hydrogen-bond acceptors (Lipinski definition) is 5. The van der Waals surface area contributed by atoms with E-state index in [2.05, 4.69) is 24.0 Å². The van der Waals surface area contributed by atoms with Gasteiger partial charge in [-0.2, -0.15) is 0 Å². The molecule has 5 nitrogen and oxygen atoms in total. The van der Waals surface area contributed by atoms with Crippen molar-refractivity contribution in [1.29, 1.82) is 0 Å². The van der Waals surface area contributed by atoms with Crippen LogP contribution in [0.15, 0.2) is 66.7 Å². The Morgan fingerprint density at radius 3 is 2.26 bits per heavy atom. The minimum Gasteiger partial charge on any atom is -0.508 e. The van der Waals surface area contributed by atoms with Gasteiger partial charge in [0.2, 0.25) is 0 Å². The van der Waals surface area contributed by atoms with Crippen molar-refractivity contribution in [3.63, 3.8) is 0 Å². The van der Waals surface area contributed by atoms with E-state index in [4.69, 9.17) is 9.47 Å². The van der Waals surface area contributed by atoms with E-state index < -0.39 is 0 Å². The van der Waals surface area contributed by atoms with Gasteiger partial charge in [-0.05, 0) is 85.4 Å². The molecular formula is C29H33NO4. The summed E-state index contributed by atoms with van der Waals surface area (Å²) in [7, 11) is 0. The minimum atomic E-state index is -0.195. The van der Waals surface area contributed by atoms with Gasteiger partial charge in [0.1, 0.15) is 35.7 Å². The third-order valence-electron chi connectivity index (χ3n) is 7.21. The molecule has 0 radical (unpaired) electrons. The lowest BCUT2D eigenvalue weighted by Gasteiger charge is -2.39. The Morgan fingerprint density at radius 2 is 1.53 bits per heavy atom. The predicted molar refractivity (Wildman–Crippen MR) is 133 cm³/mol. The maximum absolute atomic E-state index is 10.1. The Hall–Kier alpha value is -3.18. The maximum atomic E-state index is 10.1. The summed E-state index contributed by atoms with van der Waals surface area (Å²) in [6, 6.07) is 20.9. The molecule has 178 valence electrons. The molecule has 3 aromatic rings. The summed E-state index contributed by atoms with van der Waals surface area (Å²) < 4.78 is 12.5. The smallest absolute Gasteiger partial charge is 0.131 e. The lowest BCUT2D eigenvalue weighted by molar-refractivity contribution is 0.136. The van der Waals surface area contributed by atoms with E-state index in [9.17, 15) is 10.2 Å². The highest BCUT2D eigenvalue weighted by molar-refractivity contribution is 5.48. The molecule has 2 heterocycles. The largest absolute Gasteiger partial charge is 0.508 e. The molecule has 0 unspecified atom stereocenters. The molecule has 0 aromatic heterocycles. The number of hydrogen-bond donors (Lipinski definition) is 2. The van der Waals surface area contributed by atoms with Crippen LogP contribution in [-0.2, 0) is 0 Å². The van der Waals surface area contributed by atoms with Crippen molar-refractivity contribution >= 4 is 0 Å². The number of phenols is 2. The van der Waals surface area contributed by atoms with Crippen molar-refractivity contribution in [2.45, 2.75) is 44.1 Å². The Labute approximate surface area is 201 Å². The number of likely N-dealkylation sites (tertiary alicyclic amines) is 1. The van der Waals surface area contributed by atoms with Crippen molar-refractivity contribution in [3.05, 3.63) is 83.4 Å². The van der Waals surface area contributed by atoms with Crippen molar-refractivity contribution in [2.24, 2.45) is 0 Å². The van der Waals surface area contributed by atoms with Crippen molar-refractivity contribution < 1.29 is 19.7 Å². The number of aromatic hydroxyl groups is 2. The van der Waals surface area contributed by atoms with Crippen LogP contribution in [0.25, 0.3) is 0 Å². The van der Waals surface area contributed by atoms with Crippen LogP contribution >= 0.6 is 0 Å². The van der Waals surface area contributed by atoms with Crippen LogP contribution in [0, 0.1) is 0 Å². The first-order valence-corrected chi connectivity index (χ1v) is 12.3. The van der Waals surface area contributed by atoms with Gasteiger partial charge in [-0.15, -0.1) is 0 Å². The molecule has 0 spiro atoms. The average Bonchev–Trinajstić information content (AvgIpc) is 2.86. The number of nitrogens with zero attached hydrogens (tertiary/aromatic N) is 1. The average molecular weight is 460 g/mol. The summed E-state index contributed by atoms with van der Waals surface area (Å²) in [6.45, 7) is 6.19. The molecule has 3 aromatic carbocycles. The number of phenolic OH excluding ortho intramolecular Hbond substituents is 2. The number of ether oxygens (including phenoxy) is 2. The van der Waals surface area contributed by atoms with Crippen LogP contribution in [0.1, 0.15) is 60.8 Å². The second kappa shape index (κ2) is 9.98. The lowest BCUT2D eigenvalue weighted by Crippen LogP contribution is -2.33. The quantitative estimate of drug-likeness (QED) is 0.475. The van der Waals surface area contributed by atoms with Crippen LogP contribution in [0.4, 0.5) is 0 Å². The monoisotopic (exact) mass is 459 g/mol. The van der Waals surface area contributed by atoms with E-state index in [0.717, 1.165) is 34.7 Å². The molecule has 5 rings (SSSR count). The van der Waals surface area contributed by atoms with Crippen LogP contribution < -0.4 is 9.47 Å². The topological polar surface area (TPSA) is 62.2 Å². The Morgan fingerprint density at radius 1 is 0.853 bits per heavy atom. The van der Waals surface area contributed by atoms with Gasteiger partial charge in [0.15, 0.2) is 0 Å². The number of rotatable bonds is 6. The van der Waals surface area contributed by atoms with Gasteiger partial charge in [0.05, 0.1) is 0 Å². The first kappa shape index (κ1) is 22.6. The van der Waals surface area contributed by atoms with Gasteiger partial charge in [0.25, 0.3) is 0 Å². The summed E-state index contributed by atoms with van der Waals surface area (Å²) in [5.74, 6) is 2.30. The minimum absolute atomic E-state index is 0.0285. The first-order valence-electron chi connectivity index (χ1n) is 12.3. The summed E-state index contributed by atoms with van der Waals surface area (Å²) in [5.41, 5.74) is 3.16. The molecule has 0 amide bonds. The number of piperidine rings is 1. The standard InChI is InChI=1S/C29H33NO4/c1-20-26-19-24(32)11-14-27(26)34-29(28(20)21-5-9-23(31)10-6-21)22-7-12-25(13-8-22)33-18-17-30-15-3-2-4-16-30/h5-14,19-20,28-29,31-32H,2-4,15-18H2,1H3/t20-,28-,29+/m1/s1. The van der Waals surface area contributed by atoms with Crippen LogP contribution in [0.5, 0.6) is 23.0 Å². The van der Waals surface area contributed by atoms with Crippen molar-refractivity contribution in [2.75, 3.05) is 26.2 Å². The molecule has 1 saturated heterocycles. The molecule has 0 bridgehead atoms. The van der Waals surface area contributed by atoms with E-state index in [1.54, 1.807) is 24.3 Å². The van der Waals surface area contributed by atoms with Gasteiger partial charge >= 0.3 is 0 Å². The van der Waals surface area contributed by atoms with Gasteiger partial charge in [-0.3, -0.25) is 4.90 Å². The van der Waals surface area contributed by atoms with Gasteiger partial charge < -0.3 is 19.7 Å². The molecular weight excluding hydrogens is 426 g/mol. The molecule has 5 heteroatoms. The molecule has 2 aliphatic heterocycles. The molecule has 0 aliphatic carbocycles. The lowest BCUT2D eigenvalue weighted by atomic mass is 9.75. The molecule has 34 heavy (non-hydrogen) atoms. The van der Waals surface area contributed by atoms with Crippen molar-refractivity contribution in [3.8, 4) is 23.0 Å². The van der Waals surface area contributed by atoms with Crippen molar-refractivity contribution in [1.82, 2.24) is 4.90 Å². The van der Waals surface area contributed by atoms with E-state index in [1.807, 2.05) is 30.3 Å². The second-order valence-corrected chi connectivity index (χ2v) is 9.49. The van der Waals surface area contributed by atoms with Gasteiger partial charge in [0, 0.05) is 18.0 Å². The van der Waals surface area contributed by atoms with Crippen LogP contribution in [0.2, 0.25) is 0 Å². The Balaban J connectivity index is 1.36. The summed E-state index contributed by atoms with van der Waals surface area (Å²) >= 11 is 0. The molecule has 0 saturated carbocycles. The van der Waals surface area contributed by atoms with Crippen LogP contribution in [-0.4, -0.2) is 41.4 Å². The Kier molecular flexibility index (Phi) is 6.63. The fourth-order valence-corrected chi connectivity index (χ4v) is 5.33. The summed E-state index contributed by atoms with van der Waals surface area (Å²) in [4.78, 5) is 2.48. The van der Waals surface area contributed by atoms with Gasteiger partial charge in [-0.25, -0.2) is 0 Å². The zero-order chi connectivity index (χ0) is 23.5. The second-order valence-electron chi connectivity index (χ2n) is 9.49. The SMILES string of the molecule is C[C@@H]1c2cc(O)ccc2O[C@@H](c2ccc(OCCN3CCCCC3)cc2)[C@H]1c1ccc(O)cc1. The Bertz CT molecular complexity index is 1090. The van der Waals surface area contributed by atoms with E-state index >= 15 is 0 Å². The van der Waals surface area contributed by atoms with E-state index in [-0.39, 0.29) is 29.4 Å². The molecule has 3 atom stereocenters. The highest BCUT2D eigenvalue weighted by Crippen LogP contribution is 2.51. The fraction of sp³-hybridized carbons (Fsp3) is 0.379. The highest BCUT2D eigenvalue weighted by atomic mass is 16.5. The normalized spacial score (nSPS) is 22.6. The third-order valence-corrected chi connectivity index (χ3v) is 7.21. The van der Waals surface area contributed by atoms with E-state index in [1.165, 1.54) is 32.4 Å². The molecule has 2 N–H and O–H groups in total. The number of benzene rings is 3. The summed E-state index contributed by atoms with van der Waals surface area (Å²) in [6.07, 6.45) is 3.73.